The summed E-state index contributed by atoms with van der Waals surface area (Å²) in [4.78, 5) is 11.3. The van der Waals surface area contributed by atoms with Gasteiger partial charge in [-0.05, 0) is 92.7 Å². The molecular formula is C38H25N3. The molecule has 0 aliphatic heterocycles. The molecule has 8 rings (SSSR count). The number of hydrogen-bond donors (Lipinski definition) is 0. The molecule has 0 fully saturated rings. The first-order valence-corrected chi connectivity index (χ1v) is 13.8. The average Bonchev–Trinajstić information content (AvgIpc) is 3.38. The SMILES string of the molecule is c1ccc(N(c2ccc(-c3ccc4c5c(cccc35)-c3ccccc3-4)cc2)c2ccc(-c3cccnc3)nc2)cc1. The van der Waals surface area contributed by atoms with Gasteiger partial charge < -0.3 is 4.90 Å². The molecule has 5 aromatic carbocycles. The van der Waals surface area contributed by atoms with Gasteiger partial charge in [0.15, 0.2) is 0 Å². The molecule has 192 valence electrons. The van der Waals surface area contributed by atoms with Gasteiger partial charge in [0, 0.05) is 29.3 Å². The molecule has 0 bridgehead atoms. The van der Waals surface area contributed by atoms with E-state index in [9.17, 15) is 0 Å². The van der Waals surface area contributed by atoms with E-state index in [0.29, 0.717) is 0 Å². The smallest absolute Gasteiger partial charge is 0.0719 e. The van der Waals surface area contributed by atoms with Gasteiger partial charge in [-0.15, -0.1) is 0 Å². The normalized spacial score (nSPS) is 11.4. The van der Waals surface area contributed by atoms with E-state index >= 15 is 0 Å². The van der Waals surface area contributed by atoms with Crippen LogP contribution in [0.1, 0.15) is 0 Å². The maximum absolute atomic E-state index is 4.78. The summed E-state index contributed by atoms with van der Waals surface area (Å²) in [7, 11) is 0. The Kier molecular flexibility index (Phi) is 5.46. The van der Waals surface area contributed by atoms with Crippen LogP contribution in [0.15, 0.2) is 152 Å². The minimum atomic E-state index is 0.902. The third kappa shape index (κ3) is 3.90. The molecule has 1 aliphatic carbocycles. The summed E-state index contributed by atoms with van der Waals surface area (Å²) in [5.41, 5.74) is 12.8. The van der Waals surface area contributed by atoms with Crippen LogP contribution in [0, 0.1) is 0 Å². The first kappa shape index (κ1) is 23.4. The summed E-state index contributed by atoms with van der Waals surface area (Å²) in [6.45, 7) is 0. The van der Waals surface area contributed by atoms with E-state index in [1.54, 1.807) is 6.20 Å². The third-order valence-corrected chi connectivity index (χ3v) is 7.96. The Balaban J connectivity index is 1.19. The van der Waals surface area contributed by atoms with E-state index in [1.807, 2.05) is 30.6 Å². The Morgan fingerprint density at radius 1 is 0.415 bits per heavy atom. The van der Waals surface area contributed by atoms with Crippen molar-refractivity contribution >= 4 is 27.8 Å². The molecule has 7 aromatic rings. The standard InChI is InChI=1S/C38H25N3/c1-2-9-28(10-3-1)41(30-19-22-37(40-25-30)27-8-7-23-39-24-27)29-17-15-26(16-18-29)31-20-21-36-33-12-5-4-11-32(33)35-14-6-13-34(31)38(35)36/h1-25H. The highest BCUT2D eigenvalue weighted by Gasteiger charge is 2.22. The van der Waals surface area contributed by atoms with Crippen molar-refractivity contribution in [2.75, 3.05) is 4.90 Å². The highest BCUT2D eigenvalue weighted by molar-refractivity contribution is 6.18. The number of nitrogens with zero attached hydrogens (tertiary/aromatic N) is 3. The van der Waals surface area contributed by atoms with Crippen LogP contribution >= 0.6 is 0 Å². The second kappa shape index (κ2) is 9.58. The maximum Gasteiger partial charge on any atom is 0.0719 e. The Labute approximate surface area is 239 Å². The van der Waals surface area contributed by atoms with E-state index in [2.05, 4.69) is 125 Å². The summed E-state index contributed by atoms with van der Waals surface area (Å²) in [6.07, 6.45) is 5.56. The molecule has 2 heterocycles. The lowest BCUT2D eigenvalue weighted by Crippen LogP contribution is -2.10. The summed E-state index contributed by atoms with van der Waals surface area (Å²) in [5, 5.41) is 2.64. The Hall–Kier alpha value is -5.54. The lowest BCUT2D eigenvalue weighted by atomic mass is 9.94. The van der Waals surface area contributed by atoms with Crippen molar-refractivity contribution in [3.8, 4) is 44.6 Å². The fraction of sp³-hybridized carbons (Fsp3) is 0. The molecule has 2 aromatic heterocycles. The van der Waals surface area contributed by atoms with Crippen molar-refractivity contribution < 1.29 is 0 Å². The molecule has 0 atom stereocenters. The summed E-state index contributed by atoms with van der Waals surface area (Å²) in [6, 6.07) is 47.4. The predicted molar refractivity (Wildman–Crippen MR) is 170 cm³/mol. The van der Waals surface area contributed by atoms with E-state index in [0.717, 1.165) is 28.3 Å². The maximum atomic E-state index is 4.78. The minimum Gasteiger partial charge on any atom is -0.309 e. The van der Waals surface area contributed by atoms with Crippen LogP contribution in [0.25, 0.3) is 55.4 Å². The quantitative estimate of drug-likeness (QED) is 0.225. The topological polar surface area (TPSA) is 29.0 Å². The molecule has 0 amide bonds. The minimum absolute atomic E-state index is 0.902. The number of hydrogen-bond acceptors (Lipinski definition) is 3. The number of pyridine rings is 2. The molecule has 0 saturated heterocycles. The number of aromatic nitrogens is 2. The summed E-state index contributed by atoms with van der Waals surface area (Å²) >= 11 is 0. The van der Waals surface area contributed by atoms with Gasteiger partial charge in [-0.1, -0.05) is 84.9 Å². The highest BCUT2D eigenvalue weighted by atomic mass is 15.1. The Morgan fingerprint density at radius 2 is 1.10 bits per heavy atom. The molecule has 0 spiro atoms. The van der Waals surface area contributed by atoms with Crippen molar-refractivity contribution in [3.63, 3.8) is 0 Å². The predicted octanol–water partition coefficient (Wildman–Crippen LogP) is 10.1. The van der Waals surface area contributed by atoms with Crippen molar-refractivity contribution in [1.82, 2.24) is 9.97 Å². The largest absolute Gasteiger partial charge is 0.309 e. The van der Waals surface area contributed by atoms with Crippen LogP contribution in [-0.4, -0.2) is 9.97 Å². The zero-order valence-corrected chi connectivity index (χ0v) is 22.3. The van der Waals surface area contributed by atoms with Gasteiger partial charge in [0.25, 0.3) is 0 Å². The number of rotatable bonds is 5. The van der Waals surface area contributed by atoms with Crippen LogP contribution in [0.5, 0.6) is 0 Å². The fourth-order valence-electron chi connectivity index (χ4n) is 6.08. The van der Waals surface area contributed by atoms with Gasteiger partial charge in [-0.2, -0.15) is 0 Å². The van der Waals surface area contributed by atoms with Crippen molar-refractivity contribution in [1.29, 1.82) is 0 Å². The number of para-hydroxylation sites is 1. The van der Waals surface area contributed by atoms with Gasteiger partial charge in [0.2, 0.25) is 0 Å². The van der Waals surface area contributed by atoms with Gasteiger partial charge in [0.1, 0.15) is 0 Å². The fourth-order valence-corrected chi connectivity index (χ4v) is 6.08. The van der Waals surface area contributed by atoms with E-state index in [1.165, 1.54) is 44.2 Å². The van der Waals surface area contributed by atoms with Crippen LogP contribution < -0.4 is 4.90 Å². The van der Waals surface area contributed by atoms with Gasteiger partial charge >= 0.3 is 0 Å². The van der Waals surface area contributed by atoms with Gasteiger partial charge in [-0.3, -0.25) is 9.97 Å². The second-order valence-electron chi connectivity index (χ2n) is 10.3. The van der Waals surface area contributed by atoms with E-state index in [-0.39, 0.29) is 0 Å². The molecule has 41 heavy (non-hydrogen) atoms. The molecule has 0 unspecified atom stereocenters. The first-order chi connectivity index (χ1) is 20.3. The zero-order chi connectivity index (χ0) is 27.2. The van der Waals surface area contributed by atoms with Crippen LogP contribution in [-0.2, 0) is 0 Å². The first-order valence-electron chi connectivity index (χ1n) is 13.8. The van der Waals surface area contributed by atoms with E-state index in [4.69, 9.17) is 4.98 Å². The van der Waals surface area contributed by atoms with Gasteiger partial charge in [-0.25, -0.2) is 0 Å². The molecule has 0 N–H and O–H groups in total. The van der Waals surface area contributed by atoms with Gasteiger partial charge in [0.05, 0.1) is 17.6 Å². The molecule has 3 heteroatoms. The van der Waals surface area contributed by atoms with Crippen LogP contribution in [0.3, 0.4) is 0 Å². The zero-order valence-electron chi connectivity index (χ0n) is 22.3. The van der Waals surface area contributed by atoms with Crippen molar-refractivity contribution in [2.45, 2.75) is 0 Å². The monoisotopic (exact) mass is 523 g/mol. The Morgan fingerprint density at radius 3 is 1.83 bits per heavy atom. The molecule has 1 aliphatic rings. The molecule has 0 radical (unpaired) electrons. The van der Waals surface area contributed by atoms with E-state index < -0.39 is 0 Å². The van der Waals surface area contributed by atoms with Crippen molar-refractivity contribution in [3.05, 3.63) is 152 Å². The average molecular weight is 524 g/mol. The summed E-state index contributed by atoms with van der Waals surface area (Å²) in [5.74, 6) is 0. The lowest BCUT2D eigenvalue weighted by Gasteiger charge is -2.25. The molecular weight excluding hydrogens is 498 g/mol. The summed E-state index contributed by atoms with van der Waals surface area (Å²) < 4.78 is 0. The lowest BCUT2D eigenvalue weighted by molar-refractivity contribution is 1.22. The Bertz CT molecular complexity index is 1990. The molecule has 0 saturated carbocycles. The van der Waals surface area contributed by atoms with Crippen molar-refractivity contribution in [2.24, 2.45) is 0 Å². The second-order valence-corrected chi connectivity index (χ2v) is 10.3. The van der Waals surface area contributed by atoms with Crippen LogP contribution in [0.4, 0.5) is 17.1 Å². The molecule has 3 nitrogen and oxygen atoms in total. The number of anilines is 3. The van der Waals surface area contributed by atoms with Crippen LogP contribution in [0.2, 0.25) is 0 Å². The number of fused-ring (bicyclic) bond motifs is 3. The highest BCUT2D eigenvalue weighted by Crippen LogP contribution is 2.49. The third-order valence-electron chi connectivity index (χ3n) is 7.96. The number of benzene rings is 5.